The van der Waals surface area contributed by atoms with Crippen molar-refractivity contribution in [1.29, 1.82) is 0 Å². The molecule has 2 heteroatoms. The van der Waals surface area contributed by atoms with Crippen molar-refractivity contribution in [3.05, 3.63) is 35.9 Å². The van der Waals surface area contributed by atoms with Gasteiger partial charge in [-0.3, -0.25) is 4.31 Å². The van der Waals surface area contributed by atoms with Crippen molar-refractivity contribution in [1.82, 2.24) is 4.31 Å². The molecule has 0 amide bonds. The molecule has 0 aromatic heterocycles. The van der Waals surface area contributed by atoms with Crippen LogP contribution in [0.4, 0.5) is 0 Å². The maximum absolute atomic E-state index is 4.29. The Morgan fingerprint density at radius 2 is 1.92 bits per heavy atom. The fourth-order valence-electron chi connectivity index (χ4n) is 1.06. The normalized spacial score (nSPS) is 10.6. The molecule has 0 saturated heterocycles. The van der Waals surface area contributed by atoms with Crippen LogP contribution in [-0.2, 0) is 6.42 Å². The Labute approximate surface area is 79.9 Å². The first-order valence-electron chi connectivity index (χ1n) is 4.30. The van der Waals surface area contributed by atoms with E-state index in [2.05, 4.69) is 44.0 Å². The van der Waals surface area contributed by atoms with Gasteiger partial charge in [-0.05, 0) is 12.0 Å². The number of thiol groups is 1. The summed E-state index contributed by atoms with van der Waals surface area (Å²) in [5.41, 5.74) is 1.38. The van der Waals surface area contributed by atoms with E-state index in [1.165, 1.54) is 5.56 Å². The summed E-state index contributed by atoms with van der Waals surface area (Å²) >= 11 is 4.29. The molecule has 1 nitrogen and oxygen atoms in total. The van der Waals surface area contributed by atoms with Gasteiger partial charge in [-0.1, -0.05) is 50.1 Å². The van der Waals surface area contributed by atoms with Crippen molar-refractivity contribution >= 4 is 12.8 Å². The van der Waals surface area contributed by atoms with Crippen molar-refractivity contribution in [2.24, 2.45) is 0 Å². The maximum atomic E-state index is 4.29. The molecule has 1 aromatic rings. The zero-order chi connectivity index (χ0) is 8.81. The Balaban J connectivity index is 2.33. The lowest BCUT2D eigenvalue weighted by atomic mass is 10.1. The molecule has 0 atom stereocenters. The Bertz CT molecular complexity index is 210. The molecule has 1 aromatic carbocycles. The van der Waals surface area contributed by atoms with E-state index in [1.807, 2.05) is 10.4 Å². The van der Waals surface area contributed by atoms with Gasteiger partial charge >= 0.3 is 0 Å². The summed E-state index contributed by atoms with van der Waals surface area (Å²) in [5.74, 6) is 0. The number of hydrogen-bond donors (Lipinski definition) is 1. The smallest absolute Gasteiger partial charge is 0.0127 e. The monoisotopic (exact) mass is 181 g/mol. The molecule has 0 spiro atoms. The molecule has 0 aliphatic carbocycles. The molecule has 1 rings (SSSR count). The average molecular weight is 181 g/mol. The molecule has 0 radical (unpaired) electrons. The minimum absolute atomic E-state index is 0.996. The van der Waals surface area contributed by atoms with Crippen LogP contribution in [0.25, 0.3) is 0 Å². The molecular weight excluding hydrogens is 166 g/mol. The molecule has 0 fully saturated rings. The Kier molecular flexibility index (Phi) is 4.19. The van der Waals surface area contributed by atoms with Crippen LogP contribution in [0.2, 0.25) is 0 Å². The van der Waals surface area contributed by atoms with E-state index in [4.69, 9.17) is 0 Å². The van der Waals surface area contributed by atoms with E-state index >= 15 is 0 Å². The van der Waals surface area contributed by atoms with Crippen LogP contribution in [0, 0.1) is 0 Å². The van der Waals surface area contributed by atoms with Crippen LogP contribution in [0.3, 0.4) is 0 Å². The highest BCUT2D eigenvalue weighted by atomic mass is 32.1. The van der Waals surface area contributed by atoms with Gasteiger partial charge in [0.15, 0.2) is 0 Å². The third-order valence-corrected chi connectivity index (χ3v) is 2.35. The summed E-state index contributed by atoms with van der Waals surface area (Å²) in [5, 5.41) is 0. The summed E-state index contributed by atoms with van der Waals surface area (Å²) in [6.45, 7) is 4.12. The van der Waals surface area contributed by atoms with Crippen LogP contribution in [0.5, 0.6) is 0 Å². The minimum atomic E-state index is 0.996. The second kappa shape index (κ2) is 5.22. The molecule has 0 heterocycles. The van der Waals surface area contributed by atoms with Crippen LogP contribution >= 0.6 is 12.8 Å². The highest BCUT2D eigenvalue weighted by molar-refractivity contribution is 7.77. The molecule has 0 bridgehead atoms. The third kappa shape index (κ3) is 3.28. The molecule has 0 saturated carbocycles. The number of rotatable bonds is 4. The fourth-order valence-corrected chi connectivity index (χ4v) is 1.16. The van der Waals surface area contributed by atoms with Crippen molar-refractivity contribution in [3.63, 3.8) is 0 Å². The number of likely N-dealkylation sites (N-methyl/N-ethyl adjacent to an activating group) is 1. The lowest BCUT2D eigenvalue weighted by molar-refractivity contribution is 0.507. The first-order chi connectivity index (χ1) is 5.83. The molecule has 0 N–H and O–H groups in total. The Hall–Kier alpha value is -0.470. The van der Waals surface area contributed by atoms with E-state index < -0.39 is 0 Å². The number of nitrogens with zero attached hydrogens (tertiary/aromatic N) is 1. The van der Waals surface area contributed by atoms with Crippen molar-refractivity contribution in [2.75, 3.05) is 13.1 Å². The van der Waals surface area contributed by atoms with E-state index in [-0.39, 0.29) is 0 Å². The molecular formula is C10H15NS. The first kappa shape index (κ1) is 9.62. The second-order valence-electron chi connectivity index (χ2n) is 2.78. The highest BCUT2D eigenvalue weighted by Crippen LogP contribution is 2.02. The zero-order valence-electron chi connectivity index (χ0n) is 7.40. The predicted octanol–water partition coefficient (Wildman–Crippen LogP) is 2.40. The average Bonchev–Trinajstić information content (AvgIpc) is 2.16. The third-order valence-electron chi connectivity index (χ3n) is 1.87. The van der Waals surface area contributed by atoms with Gasteiger partial charge in [0.05, 0.1) is 0 Å². The van der Waals surface area contributed by atoms with Gasteiger partial charge in [-0.2, -0.15) is 0 Å². The van der Waals surface area contributed by atoms with Crippen LogP contribution in [-0.4, -0.2) is 17.4 Å². The molecule has 12 heavy (non-hydrogen) atoms. The van der Waals surface area contributed by atoms with E-state index in [0.717, 1.165) is 19.5 Å². The van der Waals surface area contributed by atoms with Gasteiger partial charge in [0.25, 0.3) is 0 Å². The summed E-state index contributed by atoms with van der Waals surface area (Å²) < 4.78 is 2.02. The van der Waals surface area contributed by atoms with Crippen LogP contribution < -0.4 is 0 Å². The topological polar surface area (TPSA) is 3.24 Å². The van der Waals surface area contributed by atoms with Crippen LogP contribution in [0.1, 0.15) is 12.5 Å². The summed E-state index contributed by atoms with van der Waals surface area (Å²) in [7, 11) is 0. The Morgan fingerprint density at radius 3 is 2.50 bits per heavy atom. The second-order valence-corrected chi connectivity index (χ2v) is 3.35. The quantitative estimate of drug-likeness (QED) is 0.698. The van der Waals surface area contributed by atoms with Gasteiger partial charge in [0.2, 0.25) is 0 Å². The maximum Gasteiger partial charge on any atom is 0.0127 e. The van der Waals surface area contributed by atoms with Gasteiger partial charge in [-0.25, -0.2) is 0 Å². The standard InChI is InChI=1S/C10H15NS/c1-2-11(12)9-8-10-6-4-3-5-7-10/h3-7,12H,2,8-9H2,1H3. The van der Waals surface area contributed by atoms with E-state index in [1.54, 1.807) is 0 Å². The molecule has 0 aliphatic rings. The molecule has 0 unspecified atom stereocenters. The first-order valence-corrected chi connectivity index (χ1v) is 4.70. The van der Waals surface area contributed by atoms with Crippen LogP contribution in [0.15, 0.2) is 30.3 Å². The Morgan fingerprint density at radius 1 is 1.25 bits per heavy atom. The molecule has 0 aliphatic heterocycles. The van der Waals surface area contributed by atoms with Crippen molar-refractivity contribution in [2.45, 2.75) is 13.3 Å². The lowest BCUT2D eigenvalue weighted by Gasteiger charge is -2.11. The zero-order valence-corrected chi connectivity index (χ0v) is 8.30. The van der Waals surface area contributed by atoms with E-state index in [0.29, 0.717) is 0 Å². The van der Waals surface area contributed by atoms with Gasteiger partial charge in [0.1, 0.15) is 0 Å². The SMILES string of the molecule is CCN(S)CCc1ccccc1. The van der Waals surface area contributed by atoms with Crippen molar-refractivity contribution in [3.8, 4) is 0 Å². The summed E-state index contributed by atoms with van der Waals surface area (Å²) in [4.78, 5) is 0. The number of hydrogen-bond acceptors (Lipinski definition) is 2. The van der Waals surface area contributed by atoms with Gasteiger partial charge in [-0.15, -0.1) is 0 Å². The number of benzene rings is 1. The van der Waals surface area contributed by atoms with E-state index in [9.17, 15) is 0 Å². The lowest BCUT2D eigenvalue weighted by Crippen LogP contribution is -2.14. The minimum Gasteiger partial charge on any atom is -0.253 e. The highest BCUT2D eigenvalue weighted by Gasteiger charge is 1.95. The largest absolute Gasteiger partial charge is 0.253 e. The van der Waals surface area contributed by atoms with Gasteiger partial charge < -0.3 is 0 Å². The predicted molar refractivity (Wildman–Crippen MR) is 56.4 cm³/mol. The summed E-state index contributed by atoms with van der Waals surface area (Å²) in [6.07, 6.45) is 1.08. The van der Waals surface area contributed by atoms with Gasteiger partial charge in [0, 0.05) is 13.1 Å². The summed E-state index contributed by atoms with van der Waals surface area (Å²) in [6, 6.07) is 10.5. The van der Waals surface area contributed by atoms with Crippen molar-refractivity contribution < 1.29 is 0 Å². The molecule has 66 valence electrons. The fraction of sp³-hybridized carbons (Fsp3) is 0.400.